The second kappa shape index (κ2) is 4.60. The first-order chi connectivity index (χ1) is 5.02. The summed E-state index contributed by atoms with van der Waals surface area (Å²) in [6, 6.07) is 0. The molecule has 0 atom stereocenters. The number of hydrogen-bond donors (Lipinski definition) is 1. The molecule has 0 aliphatic carbocycles. The molecular formula is C7H10O4. The highest BCUT2D eigenvalue weighted by Crippen LogP contribution is 1.95. The standard InChI is InChI=1S/C7H10O4/c1-5(8)4-6(9)2-3-7(10)11/h2-4H2,1H3,(H,10,11)/i1+1,2+1,4+1,5+1,6+1. The molecule has 1 N–H and O–H groups in total. The molecule has 4 heteroatoms. The lowest BCUT2D eigenvalue weighted by molar-refractivity contribution is -0.139. The number of carbonyl (C=O) groups is 3. The molecule has 62 valence electrons. The van der Waals surface area contributed by atoms with Crippen molar-refractivity contribution in [3.05, 3.63) is 0 Å². The van der Waals surface area contributed by atoms with Gasteiger partial charge < -0.3 is 5.11 Å². The molecule has 0 aromatic heterocycles. The van der Waals surface area contributed by atoms with Gasteiger partial charge in [-0.1, -0.05) is 0 Å². The summed E-state index contributed by atoms with van der Waals surface area (Å²) < 4.78 is 0. The summed E-state index contributed by atoms with van der Waals surface area (Å²) in [6.45, 7) is 1.30. The first kappa shape index (κ1) is 9.81. The molecule has 0 bridgehead atoms. The Balaban J connectivity index is 3.53. The van der Waals surface area contributed by atoms with Crippen LogP contribution in [0.5, 0.6) is 0 Å². The Labute approximate surface area is 64.2 Å². The summed E-state index contributed by atoms with van der Waals surface area (Å²) in [4.78, 5) is 31.0. The van der Waals surface area contributed by atoms with Gasteiger partial charge in [0.1, 0.15) is 11.6 Å². The van der Waals surface area contributed by atoms with E-state index in [1.54, 1.807) is 0 Å². The molecule has 0 saturated heterocycles. The van der Waals surface area contributed by atoms with Crippen LogP contribution in [0.3, 0.4) is 0 Å². The van der Waals surface area contributed by atoms with Crippen LogP contribution in [-0.4, -0.2) is 22.6 Å². The van der Waals surface area contributed by atoms with Crippen molar-refractivity contribution in [2.24, 2.45) is 0 Å². The maximum Gasteiger partial charge on any atom is 0.303 e. The first-order valence-electron chi connectivity index (χ1n) is 3.25. The van der Waals surface area contributed by atoms with Gasteiger partial charge in [0.05, 0.1) is 12.8 Å². The summed E-state index contributed by atoms with van der Waals surface area (Å²) in [6.07, 6.45) is -0.381. The Morgan fingerprint density at radius 3 is 2.09 bits per heavy atom. The number of hydrogen-bond acceptors (Lipinski definition) is 3. The van der Waals surface area contributed by atoms with Gasteiger partial charge in [-0.15, -0.1) is 0 Å². The smallest absolute Gasteiger partial charge is 0.303 e. The number of rotatable bonds is 5. The molecule has 0 saturated carbocycles. The molecule has 0 amide bonds. The minimum Gasteiger partial charge on any atom is -0.481 e. The molecule has 4 nitrogen and oxygen atoms in total. The van der Waals surface area contributed by atoms with E-state index in [-0.39, 0.29) is 30.8 Å². The van der Waals surface area contributed by atoms with Gasteiger partial charge in [0, 0.05) is 6.42 Å². The van der Waals surface area contributed by atoms with Crippen molar-refractivity contribution < 1.29 is 19.5 Å². The number of aliphatic carboxylic acids is 1. The van der Waals surface area contributed by atoms with Crippen molar-refractivity contribution in [2.75, 3.05) is 0 Å². The maximum atomic E-state index is 10.7. The van der Waals surface area contributed by atoms with E-state index in [1.807, 2.05) is 0 Å². The highest BCUT2D eigenvalue weighted by Gasteiger charge is 2.07. The van der Waals surface area contributed by atoms with Gasteiger partial charge in [0.25, 0.3) is 0 Å². The molecule has 0 fully saturated rings. The predicted octanol–water partition coefficient (Wildman–Crippen LogP) is 0.399. The highest BCUT2D eigenvalue weighted by molar-refractivity contribution is 5.98. The van der Waals surface area contributed by atoms with Crippen LogP contribution in [-0.2, 0) is 14.4 Å². The largest absolute Gasteiger partial charge is 0.481 e. The van der Waals surface area contributed by atoms with Crippen molar-refractivity contribution in [3.8, 4) is 0 Å². The lowest BCUT2D eigenvalue weighted by Crippen LogP contribution is -2.06. The average Bonchev–Trinajstić information content (AvgIpc) is 1.82. The van der Waals surface area contributed by atoms with Crippen LogP contribution in [0.25, 0.3) is 0 Å². The third-order valence-corrected chi connectivity index (χ3v) is 1.06. The van der Waals surface area contributed by atoms with Gasteiger partial charge >= 0.3 is 5.97 Å². The van der Waals surface area contributed by atoms with Gasteiger partial charge in [0.2, 0.25) is 0 Å². The van der Waals surface area contributed by atoms with Crippen molar-refractivity contribution in [1.29, 1.82) is 0 Å². The van der Waals surface area contributed by atoms with Gasteiger partial charge in [-0.05, 0) is 6.92 Å². The topological polar surface area (TPSA) is 71.4 Å². The quantitative estimate of drug-likeness (QED) is 0.470. The maximum absolute atomic E-state index is 10.7. The molecular weight excluding hydrogens is 153 g/mol. The van der Waals surface area contributed by atoms with Gasteiger partial charge in [-0.25, -0.2) is 0 Å². The molecule has 0 aliphatic heterocycles. The number of Topliss-reactive ketones (excluding diaryl/α,β-unsaturated/α-hetero) is 2. The minimum absolute atomic E-state index is 0.0467. The van der Waals surface area contributed by atoms with Crippen LogP contribution in [0.4, 0.5) is 0 Å². The zero-order valence-electron chi connectivity index (χ0n) is 6.29. The van der Waals surface area contributed by atoms with Gasteiger partial charge in [-0.2, -0.15) is 0 Å². The average molecular weight is 163 g/mol. The summed E-state index contributed by atoms with van der Waals surface area (Å²) in [5.41, 5.74) is 0. The second-order valence-electron chi connectivity index (χ2n) is 2.31. The van der Waals surface area contributed by atoms with Crippen molar-refractivity contribution in [3.63, 3.8) is 0 Å². The van der Waals surface area contributed by atoms with E-state index in [4.69, 9.17) is 5.11 Å². The Bertz CT molecular complexity index is 183. The van der Waals surface area contributed by atoms with Crippen LogP contribution in [0.15, 0.2) is 0 Å². The van der Waals surface area contributed by atoms with Crippen LogP contribution < -0.4 is 0 Å². The van der Waals surface area contributed by atoms with E-state index in [1.165, 1.54) is 6.92 Å². The number of carboxylic acid groups (broad SMARTS) is 1. The zero-order valence-corrected chi connectivity index (χ0v) is 6.29. The Hall–Kier alpha value is -1.19. The summed E-state index contributed by atoms with van der Waals surface area (Å²) >= 11 is 0. The van der Waals surface area contributed by atoms with E-state index in [9.17, 15) is 14.4 Å². The molecule has 0 aromatic rings. The molecule has 11 heavy (non-hydrogen) atoms. The second-order valence-corrected chi connectivity index (χ2v) is 2.31. The summed E-state index contributed by atoms with van der Waals surface area (Å²) in [5.74, 6) is -1.54. The predicted molar refractivity (Wildman–Crippen MR) is 37.2 cm³/mol. The van der Waals surface area contributed by atoms with Crippen LogP contribution in [0.2, 0.25) is 0 Å². The molecule has 0 rings (SSSR count). The number of ketones is 2. The van der Waals surface area contributed by atoms with Crippen molar-refractivity contribution in [1.82, 2.24) is 0 Å². The van der Waals surface area contributed by atoms with Crippen molar-refractivity contribution in [2.45, 2.75) is 26.2 Å². The van der Waals surface area contributed by atoms with E-state index in [0.29, 0.717) is 0 Å². The molecule has 0 unspecified atom stereocenters. The summed E-state index contributed by atoms with van der Waals surface area (Å²) in [5, 5.41) is 8.16. The molecule has 0 aromatic carbocycles. The number of carbonyl (C=O) groups excluding carboxylic acids is 2. The Morgan fingerprint density at radius 1 is 1.18 bits per heavy atom. The van der Waals surface area contributed by atoms with Crippen LogP contribution in [0.1, 0.15) is 26.2 Å². The zero-order chi connectivity index (χ0) is 8.85. The summed E-state index contributed by atoms with van der Waals surface area (Å²) in [7, 11) is 0. The van der Waals surface area contributed by atoms with E-state index in [0.717, 1.165) is 0 Å². The Kier molecular flexibility index (Phi) is 4.10. The third-order valence-electron chi connectivity index (χ3n) is 1.06. The lowest BCUT2D eigenvalue weighted by atomic mass is 10.6. The fraction of sp³-hybridized carbons (Fsp3) is 0.571. The van der Waals surface area contributed by atoms with Crippen LogP contribution in [0, 0.1) is 0 Å². The van der Waals surface area contributed by atoms with E-state index in [2.05, 4.69) is 0 Å². The highest BCUT2D eigenvalue weighted by atomic mass is 16.4. The monoisotopic (exact) mass is 163 g/mol. The molecule has 0 aliphatic rings. The molecule has 0 spiro atoms. The van der Waals surface area contributed by atoms with Gasteiger partial charge in [0.15, 0.2) is 0 Å². The fourth-order valence-corrected chi connectivity index (χ4v) is 0.612. The Morgan fingerprint density at radius 2 is 1.73 bits per heavy atom. The molecule has 0 radical (unpaired) electrons. The SMILES string of the molecule is [13CH3][13C](=O)[13CH2][13C](=O)[13CH2]CC(=O)O. The minimum atomic E-state index is -1.01. The van der Waals surface area contributed by atoms with Gasteiger partial charge in [-0.3, -0.25) is 14.4 Å². The first-order valence-corrected chi connectivity index (χ1v) is 3.25. The van der Waals surface area contributed by atoms with Crippen molar-refractivity contribution >= 4 is 17.5 Å². The van der Waals surface area contributed by atoms with E-state index >= 15 is 0 Å². The fourth-order valence-electron chi connectivity index (χ4n) is 0.612. The third kappa shape index (κ3) is 6.70. The lowest BCUT2D eigenvalue weighted by Gasteiger charge is -1.93. The normalized spacial score (nSPS) is 9.18. The molecule has 0 heterocycles. The number of carboxylic acids is 1. The van der Waals surface area contributed by atoms with E-state index < -0.39 is 5.97 Å². The van der Waals surface area contributed by atoms with Crippen LogP contribution >= 0.6 is 0 Å².